The second kappa shape index (κ2) is 9.49. The van der Waals surface area contributed by atoms with Crippen LogP contribution in [0.5, 0.6) is 11.5 Å². The normalized spacial score (nSPS) is 16.0. The number of para-hydroxylation sites is 2. The number of hydrogen-bond donors (Lipinski definition) is 1. The molecule has 1 heterocycles. The molecule has 1 aliphatic heterocycles. The van der Waals surface area contributed by atoms with Crippen LogP contribution in [0.2, 0.25) is 0 Å². The minimum Gasteiger partial charge on any atom is -0.493 e. The summed E-state index contributed by atoms with van der Waals surface area (Å²) in [6, 6.07) is 10.9. The average Bonchev–Trinajstić information content (AvgIpc) is 2.83. The molecule has 0 unspecified atom stereocenters. The van der Waals surface area contributed by atoms with Crippen LogP contribution < -0.4 is 19.7 Å². The molecule has 0 aromatic heterocycles. The van der Waals surface area contributed by atoms with Crippen molar-refractivity contribution >= 4 is 39.1 Å². The molecule has 30 heavy (non-hydrogen) atoms. The molecule has 0 saturated heterocycles. The minimum absolute atomic E-state index is 0.0643. The van der Waals surface area contributed by atoms with Gasteiger partial charge in [-0.05, 0) is 43.8 Å². The number of carbonyl (C=O) groups excluding carboxylic acids is 2. The van der Waals surface area contributed by atoms with Gasteiger partial charge in [0.2, 0.25) is 11.8 Å². The van der Waals surface area contributed by atoms with Crippen LogP contribution >= 0.6 is 15.9 Å². The van der Waals surface area contributed by atoms with Crippen LogP contribution in [0.4, 0.5) is 11.4 Å². The maximum absolute atomic E-state index is 13.2. The Morgan fingerprint density at radius 2 is 1.90 bits per heavy atom. The Morgan fingerprint density at radius 1 is 1.23 bits per heavy atom. The molecule has 0 bridgehead atoms. The van der Waals surface area contributed by atoms with Gasteiger partial charge in [-0.2, -0.15) is 0 Å². The van der Waals surface area contributed by atoms with Gasteiger partial charge in [0.25, 0.3) is 0 Å². The van der Waals surface area contributed by atoms with Crippen molar-refractivity contribution in [2.24, 2.45) is 0 Å². The van der Waals surface area contributed by atoms with E-state index in [9.17, 15) is 9.59 Å². The first-order chi connectivity index (χ1) is 14.3. The van der Waals surface area contributed by atoms with Gasteiger partial charge < -0.3 is 19.7 Å². The third kappa shape index (κ3) is 4.76. The summed E-state index contributed by atoms with van der Waals surface area (Å²) in [7, 11) is 5.07. The number of benzene rings is 2. The van der Waals surface area contributed by atoms with Gasteiger partial charge in [-0.25, -0.2) is 0 Å². The molecule has 160 valence electrons. The molecule has 1 aliphatic rings. The first kappa shape index (κ1) is 22.1. The predicted molar refractivity (Wildman–Crippen MR) is 120 cm³/mol. The lowest BCUT2D eigenvalue weighted by Crippen LogP contribution is -2.44. The smallest absolute Gasteiger partial charge is 0.241 e. The van der Waals surface area contributed by atoms with Crippen molar-refractivity contribution in [2.45, 2.75) is 25.9 Å². The van der Waals surface area contributed by atoms with E-state index >= 15 is 0 Å². The molecular weight excluding hydrogens is 450 g/mol. The number of rotatable bonds is 6. The highest BCUT2D eigenvalue weighted by Gasteiger charge is 2.30. The zero-order valence-corrected chi connectivity index (χ0v) is 19.2. The van der Waals surface area contributed by atoms with Crippen molar-refractivity contribution in [3.8, 4) is 11.5 Å². The van der Waals surface area contributed by atoms with Gasteiger partial charge in [0.15, 0.2) is 11.5 Å². The largest absolute Gasteiger partial charge is 0.493 e. The molecule has 2 aromatic carbocycles. The molecule has 2 aromatic rings. The number of amides is 2. The van der Waals surface area contributed by atoms with E-state index in [1.54, 1.807) is 19.1 Å². The van der Waals surface area contributed by atoms with Gasteiger partial charge in [-0.3, -0.25) is 14.5 Å². The summed E-state index contributed by atoms with van der Waals surface area (Å²) in [6.07, 6.45) is 0.255. The zero-order chi connectivity index (χ0) is 21.8. The molecule has 0 radical (unpaired) electrons. The van der Waals surface area contributed by atoms with Gasteiger partial charge in [0, 0.05) is 23.5 Å². The van der Waals surface area contributed by atoms with Crippen molar-refractivity contribution in [3.63, 3.8) is 0 Å². The summed E-state index contributed by atoms with van der Waals surface area (Å²) in [6.45, 7) is 2.63. The Balaban J connectivity index is 1.78. The quantitative estimate of drug-likeness (QED) is 0.689. The maximum atomic E-state index is 13.2. The Bertz CT molecular complexity index is 950. The summed E-state index contributed by atoms with van der Waals surface area (Å²) >= 11 is 3.57. The highest BCUT2D eigenvalue weighted by atomic mass is 79.9. The number of carbonyl (C=O) groups is 2. The monoisotopic (exact) mass is 475 g/mol. The van der Waals surface area contributed by atoms with Gasteiger partial charge in [-0.1, -0.05) is 28.1 Å². The SMILES string of the molecule is COc1cc(Br)c(CN(C)CC(=O)N2c3ccccc3NC(=O)C[C@H]2C)cc1OC. The minimum atomic E-state index is -0.234. The van der Waals surface area contributed by atoms with E-state index in [-0.39, 0.29) is 30.8 Å². The van der Waals surface area contributed by atoms with Crippen molar-refractivity contribution in [1.82, 2.24) is 4.90 Å². The Kier molecular flexibility index (Phi) is 6.99. The Hall–Kier alpha value is -2.58. The van der Waals surface area contributed by atoms with Gasteiger partial charge in [0.05, 0.1) is 32.1 Å². The Labute approximate surface area is 185 Å². The third-order valence-corrected chi connectivity index (χ3v) is 5.76. The summed E-state index contributed by atoms with van der Waals surface area (Å²) in [5.41, 5.74) is 2.36. The second-order valence-electron chi connectivity index (χ2n) is 7.35. The fourth-order valence-corrected chi connectivity index (χ4v) is 4.09. The molecule has 7 nitrogen and oxygen atoms in total. The first-order valence-corrected chi connectivity index (χ1v) is 10.4. The standard InChI is InChI=1S/C22H26BrN3O4/c1-14-9-21(27)24-17-7-5-6-8-18(17)26(14)22(28)13-25(2)12-15-10-19(29-3)20(30-4)11-16(15)23/h5-8,10-11,14H,9,12-13H2,1-4H3,(H,24,27)/t14-/m1/s1. The van der Waals surface area contributed by atoms with Crippen molar-refractivity contribution in [1.29, 1.82) is 0 Å². The summed E-state index contributed by atoms with van der Waals surface area (Å²) in [5, 5.41) is 2.88. The molecule has 0 spiro atoms. The number of fused-ring (bicyclic) bond motifs is 1. The van der Waals surface area contributed by atoms with E-state index in [0.717, 1.165) is 15.7 Å². The van der Waals surface area contributed by atoms with Crippen molar-refractivity contribution < 1.29 is 19.1 Å². The Morgan fingerprint density at radius 3 is 2.60 bits per heavy atom. The third-order valence-electron chi connectivity index (χ3n) is 5.03. The number of halogens is 1. The lowest BCUT2D eigenvalue weighted by atomic mass is 10.1. The van der Waals surface area contributed by atoms with Gasteiger partial charge in [-0.15, -0.1) is 0 Å². The van der Waals surface area contributed by atoms with Crippen LogP contribution in [0, 0.1) is 0 Å². The van der Waals surface area contributed by atoms with Gasteiger partial charge >= 0.3 is 0 Å². The van der Waals surface area contributed by atoms with Crippen LogP contribution in [0.15, 0.2) is 40.9 Å². The highest BCUT2D eigenvalue weighted by molar-refractivity contribution is 9.10. The molecule has 8 heteroatoms. The number of ether oxygens (including phenoxy) is 2. The first-order valence-electron chi connectivity index (χ1n) is 9.64. The van der Waals surface area contributed by atoms with E-state index in [4.69, 9.17) is 9.47 Å². The fourth-order valence-electron chi connectivity index (χ4n) is 3.64. The highest BCUT2D eigenvalue weighted by Crippen LogP contribution is 2.34. The number of methoxy groups -OCH3 is 2. The van der Waals surface area contributed by atoms with Crippen LogP contribution in [0.25, 0.3) is 0 Å². The summed E-state index contributed by atoms with van der Waals surface area (Å²) < 4.78 is 11.6. The van der Waals surface area contributed by atoms with Crippen LogP contribution in [0.3, 0.4) is 0 Å². The molecule has 1 N–H and O–H groups in total. The molecule has 2 amide bonds. The van der Waals surface area contributed by atoms with Crippen molar-refractivity contribution in [3.05, 3.63) is 46.4 Å². The lowest BCUT2D eigenvalue weighted by molar-refractivity contribution is -0.120. The number of nitrogens with zero attached hydrogens (tertiary/aromatic N) is 2. The molecule has 0 saturated carbocycles. The number of likely N-dealkylation sites (N-methyl/N-ethyl adjacent to an activating group) is 1. The number of nitrogens with one attached hydrogen (secondary N) is 1. The van der Waals surface area contributed by atoms with Crippen LogP contribution in [-0.2, 0) is 16.1 Å². The van der Waals surface area contributed by atoms with E-state index in [2.05, 4.69) is 21.2 Å². The van der Waals surface area contributed by atoms with Crippen LogP contribution in [-0.4, -0.2) is 50.6 Å². The number of anilines is 2. The molecule has 1 atom stereocenters. The van der Waals surface area contributed by atoms with E-state index in [1.165, 1.54) is 0 Å². The molecule has 3 rings (SSSR count). The lowest BCUT2D eigenvalue weighted by Gasteiger charge is -2.30. The van der Waals surface area contributed by atoms with Crippen molar-refractivity contribution in [2.75, 3.05) is 38.0 Å². The average molecular weight is 476 g/mol. The number of hydrogen-bond acceptors (Lipinski definition) is 5. The topological polar surface area (TPSA) is 71.1 Å². The fraction of sp³-hybridized carbons (Fsp3) is 0.364. The maximum Gasteiger partial charge on any atom is 0.241 e. The molecule has 0 fully saturated rings. The zero-order valence-electron chi connectivity index (χ0n) is 17.6. The van der Waals surface area contributed by atoms with Crippen LogP contribution in [0.1, 0.15) is 18.9 Å². The van der Waals surface area contributed by atoms with Gasteiger partial charge in [0.1, 0.15) is 0 Å². The van der Waals surface area contributed by atoms with E-state index < -0.39 is 0 Å². The second-order valence-corrected chi connectivity index (χ2v) is 8.21. The molecule has 0 aliphatic carbocycles. The van der Waals surface area contributed by atoms with E-state index in [1.807, 2.05) is 55.3 Å². The van der Waals surface area contributed by atoms with E-state index in [0.29, 0.717) is 23.7 Å². The molecular formula is C22H26BrN3O4. The summed E-state index contributed by atoms with van der Waals surface area (Å²) in [5.74, 6) is 1.12. The summed E-state index contributed by atoms with van der Waals surface area (Å²) in [4.78, 5) is 29.0. The predicted octanol–water partition coefficient (Wildman–Crippen LogP) is 3.66.